The van der Waals surface area contributed by atoms with Crippen LogP contribution in [0.5, 0.6) is 5.75 Å². The van der Waals surface area contributed by atoms with Crippen molar-refractivity contribution in [3.05, 3.63) is 28.2 Å². The zero-order valence-corrected chi connectivity index (χ0v) is 12.0. The van der Waals surface area contributed by atoms with E-state index in [9.17, 15) is 9.90 Å². The van der Waals surface area contributed by atoms with Crippen LogP contribution in [0, 0.1) is 0 Å². The average molecular weight is 330 g/mol. The molecule has 0 aromatic heterocycles. The van der Waals surface area contributed by atoms with Crippen LogP contribution in [-0.4, -0.2) is 28.1 Å². The molecule has 0 aliphatic rings. The van der Waals surface area contributed by atoms with Crippen molar-refractivity contribution in [1.29, 1.82) is 0 Å². The molecule has 0 radical (unpaired) electrons. The molecule has 0 aliphatic carbocycles. The molecule has 7 heteroatoms. The summed E-state index contributed by atoms with van der Waals surface area (Å²) >= 11 is 3.20. The number of rotatable bonds is 5. The lowest BCUT2D eigenvalue weighted by atomic mass is 10.1. The highest BCUT2D eigenvalue weighted by atomic mass is 79.9. The maximum Gasteiger partial charge on any atom is 0.255 e. The van der Waals surface area contributed by atoms with Crippen molar-refractivity contribution >= 4 is 27.7 Å². The van der Waals surface area contributed by atoms with Gasteiger partial charge in [0.05, 0.1) is 5.56 Å². The fourth-order valence-electron chi connectivity index (χ4n) is 1.55. The molecule has 104 valence electrons. The van der Waals surface area contributed by atoms with Crippen molar-refractivity contribution in [2.75, 3.05) is 0 Å². The van der Waals surface area contributed by atoms with Gasteiger partial charge >= 0.3 is 0 Å². The van der Waals surface area contributed by atoms with Crippen LogP contribution in [-0.2, 0) is 0 Å². The molecule has 1 rings (SSSR count). The highest BCUT2D eigenvalue weighted by Crippen LogP contribution is 2.22. The summed E-state index contributed by atoms with van der Waals surface area (Å²) in [7, 11) is 0. The number of phenolic OH excluding ortho intramolecular Hbond substituents is 1. The lowest BCUT2D eigenvalue weighted by Gasteiger charge is -2.16. The highest BCUT2D eigenvalue weighted by Gasteiger charge is 2.16. The fraction of sp³-hybridized carbons (Fsp3) is 0.333. The minimum absolute atomic E-state index is 0.0483. The van der Waals surface area contributed by atoms with Gasteiger partial charge in [0.2, 0.25) is 0 Å². The summed E-state index contributed by atoms with van der Waals surface area (Å²) in [5.74, 6) is -0.458. The van der Waals surface area contributed by atoms with Crippen LogP contribution in [0.25, 0.3) is 0 Å². The number of nitrogens with zero attached hydrogens (tertiary/aromatic N) is 1. The molecule has 1 unspecified atom stereocenters. The van der Waals surface area contributed by atoms with Crippen molar-refractivity contribution in [1.82, 2.24) is 5.32 Å². The molecular formula is C12H16BrN3O3. The number of hydrogen-bond acceptors (Lipinski definition) is 4. The number of amides is 1. The molecule has 1 amide bonds. The van der Waals surface area contributed by atoms with Crippen LogP contribution in [0.3, 0.4) is 0 Å². The molecular weight excluding hydrogens is 314 g/mol. The highest BCUT2D eigenvalue weighted by molar-refractivity contribution is 9.10. The van der Waals surface area contributed by atoms with E-state index >= 15 is 0 Å². The zero-order chi connectivity index (χ0) is 14.4. The van der Waals surface area contributed by atoms with Crippen molar-refractivity contribution in [2.45, 2.75) is 25.8 Å². The van der Waals surface area contributed by atoms with Crippen LogP contribution in [0.2, 0.25) is 0 Å². The quantitative estimate of drug-likeness (QED) is 0.286. The zero-order valence-electron chi connectivity index (χ0n) is 10.4. The second-order valence-corrected chi connectivity index (χ2v) is 4.95. The Morgan fingerprint density at radius 2 is 2.26 bits per heavy atom. The second kappa shape index (κ2) is 6.98. The van der Waals surface area contributed by atoms with Crippen molar-refractivity contribution < 1.29 is 15.1 Å². The number of hydrogen-bond donors (Lipinski definition) is 4. The first-order valence-electron chi connectivity index (χ1n) is 5.73. The van der Waals surface area contributed by atoms with Gasteiger partial charge in [-0.15, -0.1) is 0 Å². The van der Waals surface area contributed by atoms with Gasteiger partial charge in [-0.05, 0) is 24.6 Å². The number of benzene rings is 1. The number of phenols is 1. The molecule has 0 saturated carbocycles. The smallest absolute Gasteiger partial charge is 0.255 e. The van der Waals surface area contributed by atoms with Crippen LogP contribution >= 0.6 is 15.9 Å². The number of halogens is 1. The van der Waals surface area contributed by atoms with Crippen molar-refractivity contribution in [3.63, 3.8) is 0 Å². The summed E-state index contributed by atoms with van der Waals surface area (Å²) in [6.07, 6.45) is 0.870. The molecule has 0 spiro atoms. The number of carbonyl (C=O) groups excluding carboxylic acids is 1. The minimum Gasteiger partial charge on any atom is -0.507 e. The maximum atomic E-state index is 12.0. The van der Waals surface area contributed by atoms with Crippen LogP contribution in [0.15, 0.2) is 27.8 Å². The van der Waals surface area contributed by atoms with Gasteiger partial charge in [0.1, 0.15) is 11.6 Å². The van der Waals surface area contributed by atoms with Gasteiger partial charge in [-0.3, -0.25) is 4.79 Å². The molecule has 0 aliphatic heterocycles. The van der Waals surface area contributed by atoms with Gasteiger partial charge in [-0.2, -0.15) is 0 Å². The predicted octanol–water partition coefficient (Wildman–Crippen LogP) is 1.80. The van der Waals surface area contributed by atoms with E-state index < -0.39 is 5.91 Å². The molecule has 0 bridgehead atoms. The van der Waals surface area contributed by atoms with Crippen LogP contribution in [0.1, 0.15) is 30.1 Å². The van der Waals surface area contributed by atoms with E-state index in [0.717, 1.165) is 0 Å². The van der Waals surface area contributed by atoms with E-state index in [1.807, 2.05) is 6.92 Å². The standard InChI is InChI=1S/C12H16BrN3O3/c1-2-8(6-11(14)16-19)15-12(18)9-4-3-7(13)5-10(9)17/h3-5,8,17,19H,2,6H2,1H3,(H2,14,16)(H,15,18). The van der Waals surface area contributed by atoms with Crippen molar-refractivity contribution in [3.8, 4) is 5.75 Å². The van der Waals surface area contributed by atoms with E-state index in [1.54, 1.807) is 6.07 Å². The molecule has 1 aromatic carbocycles. The lowest BCUT2D eigenvalue weighted by Crippen LogP contribution is -2.37. The first kappa shape index (κ1) is 15.3. The summed E-state index contributed by atoms with van der Waals surface area (Å²) in [4.78, 5) is 12.0. The third kappa shape index (κ3) is 4.44. The molecule has 0 saturated heterocycles. The first-order chi connectivity index (χ1) is 8.97. The normalized spacial score (nSPS) is 13.1. The van der Waals surface area contributed by atoms with E-state index in [4.69, 9.17) is 10.9 Å². The number of amidine groups is 1. The van der Waals surface area contributed by atoms with Gasteiger partial charge in [-0.1, -0.05) is 28.0 Å². The molecule has 1 atom stereocenters. The SMILES string of the molecule is CCC(CC(N)=NO)NC(=O)c1ccc(Br)cc1O. The third-order valence-corrected chi connectivity index (χ3v) is 3.11. The largest absolute Gasteiger partial charge is 0.507 e. The van der Waals surface area contributed by atoms with Gasteiger partial charge in [0.25, 0.3) is 5.91 Å². The number of nitrogens with two attached hydrogens (primary N) is 1. The Hall–Kier alpha value is -1.76. The summed E-state index contributed by atoms with van der Waals surface area (Å²) < 4.78 is 0.685. The lowest BCUT2D eigenvalue weighted by molar-refractivity contribution is 0.0934. The van der Waals surface area contributed by atoms with E-state index in [-0.39, 0.29) is 29.6 Å². The fourth-order valence-corrected chi connectivity index (χ4v) is 1.90. The molecule has 5 N–H and O–H groups in total. The van der Waals surface area contributed by atoms with Crippen LogP contribution < -0.4 is 11.1 Å². The molecule has 6 nitrogen and oxygen atoms in total. The van der Waals surface area contributed by atoms with Gasteiger partial charge in [-0.25, -0.2) is 0 Å². The number of oxime groups is 1. The summed E-state index contributed by atoms with van der Waals surface area (Å²) in [6.45, 7) is 1.87. The number of nitrogens with one attached hydrogen (secondary N) is 1. The second-order valence-electron chi connectivity index (χ2n) is 4.04. The van der Waals surface area contributed by atoms with E-state index in [2.05, 4.69) is 26.4 Å². The Kier molecular flexibility index (Phi) is 5.62. The summed E-state index contributed by atoms with van der Waals surface area (Å²) in [6, 6.07) is 4.37. The summed E-state index contributed by atoms with van der Waals surface area (Å²) in [5, 5.41) is 23.8. The van der Waals surface area contributed by atoms with Crippen molar-refractivity contribution in [2.24, 2.45) is 10.9 Å². The van der Waals surface area contributed by atoms with Gasteiger partial charge in [0.15, 0.2) is 0 Å². The minimum atomic E-state index is -0.400. The Bertz CT molecular complexity index is 491. The summed E-state index contributed by atoms with van der Waals surface area (Å²) in [5.41, 5.74) is 5.59. The third-order valence-electron chi connectivity index (χ3n) is 2.62. The maximum absolute atomic E-state index is 12.0. The Labute approximate surface area is 119 Å². The molecule has 1 aromatic rings. The van der Waals surface area contributed by atoms with E-state index in [0.29, 0.717) is 10.9 Å². The average Bonchev–Trinajstić information content (AvgIpc) is 2.37. The Balaban J connectivity index is 2.77. The first-order valence-corrected chi connectivity index (χ1v) is 6.53. The monoisotopic (exact) mass is 329 g/mol. The molecule has 0 fully saturated rings. The van der Waals surface area contributed by atoms with Gasteiger partial charge < -0.3 is 21.4 Å². The molecule has 0 heterocycles. The van der Waals surface area contributed by atoms with E-state index in [1.165, 1.54) is 12.1 Å². The van der Waals surface area contributed by atoms with Gasteiger partial charge in [0, 0.05) is 16.9 Å². The Morgan fingerprint density at radius 1 is 1.58 bits per heavy atom. The number of carbonyl (C=O) groups is 1. The Morgan fingerprint density at radius 3 is 2.79 bits per heavy atom. The topological polar surface area (TPSA) is 108 Å². The van der Waals surface area contributed by atoms with Crippen LogP contribution in [0.4, 0.5) is 0 Å². The number of aromatic hydroxyl groups is 1. The predicted molar refractivity (Wildman–Crippen MR) is 75.4 cm³/mol. The molecule has 19 heavy (non-hydrogen) atoms.